The Hall–Kier alpha value is -4.48. The molecule has 3 aromatic rings. The number of ether oxygens (including phenoxy) is 1. The zero-order valence-electron chi connectivity index (χ0n) is 31.6. The highest BCUT2D eigenvalue weighted by molar-refractivity contribution is 6.05. The van der Waals surface area contributed by atoms with E-state index in [-0.39, 0.29) is 41.6 Å². The molecule has 55 heavy (non-hydrogen) atoms. The SMILES string of the molecule is O=C1CC[C@H](N2Cc3cc(N4CCN(CC5CCN(c6ccc([C@@H]7c8ccc(O)cc8CC[C@@H]7C7CCOCC7)c(F)c6)CC5)CC4)ccc3C2=O)C(=O)N1. The number of phenolic OH excluding ortho intramolecular Hbond substituents is 1. The molecule has 11 heteroatoms. The number of rotatable bonds is 7. The average Bonchev–Trinajstić information content (AvgIpc) is 3.53. The Morgan fingerprint density at radius 3 is 2.24 bits per heavy atom. The highest BCUT2D eigenvalue weighted by Gasteiger charge is 2.40. The van der Waals surface area contributed by atoms with Gasteiger partial charge >= 0.3 is 0 Å². The van der Waals surface area contributed by atoms with Crippen molar-refractivity contribution in [2.24, 2.45) is 17.8 Å². The fraction of sp³-hybridized carbons (Fsp3) is 0.523. The monoisotopic (exact) mass is 749 g/mol. The zero-order valence-corrected chi connectivity index (χ0v) is 31.6. The molecule has 5 heterocycles. The topological polar surface area (TPSA) is 106 Å². The zero-order chi connectivity index (χ0) is 37.6. The Balaban J connectivity index is 0.787. The van der Waals surface area contributed by atoms with Crippen molar-refractivity contribution in [2.75, 3.05) is 68.8 Å². The standard InChI is InChI=1S/C44H52FN5O5/c45-39-25-33(3-7-38(39)42-35(29-13-21-55-22-14-29)5-1-30-24-34(51)4-8-36(30)42)48-15-11-28(12-16-48)26-47-17-19-49(20-18-47)32-2-6-37-31(23-32)27-50(44(37)54)40-9-10-41(52)46-43(40)53/h2-4,6-8,23-25,28-29,35,40,42,51H,1,5,9-22,26-27H2,(H,46,52,53)/t35-,40+,42+/m1/s1. The molecule has 0 spiro atoms. The molecule has 6 aliphatic rings. The molecule has 9 rings (SSSR count). The van der Waals surface area contributed by atoms with Crippen molar-refractivity contribution in [3.8, 4) is 5.75 Å². The van der Waals surface area contributed by atoms with Gasteiger partial charge < -0.3 is 24.5 Å². The minimum atomic E-state index is -0.601. The van der Waals surface area contributed by atoms with Gasteiger partial charge in [0.05, 0.1) is 0 Å². The van der Waals surface area contributed by atoms with E-state index in [1.165, 1.54) is 0 Å². The van der Waals surface area contributed by atoms with Crippen LogP contribution in [0.4, 0.5) is 15.8 Å². The molecule has 0 unspecified atom stereocenters. The lowest BCUT2D eigenvalue weighted by Crippen LogP contribution is -2.52. The Bertz CT molecular complexity index is 1950. The molecule has 4 saturated heterocycles. The molecule has 0 saturated carbocycles. The van der Waals surface area contributed by atoms with Crippen molar-refractivity contribution in [3.63, 3.8) is 0 Å². The van der Waals surface area contributed by atoms with Gasteiger partial charge in [-0.3, -0.25) is 24.6 Å². The van der Waals surface area contributed by atoms with Crippen LogP contribution in [0, 0.1) is 23.6 Å². The number of nitrogens with one attached hydrogen (secondary N) is 1. The molecule has 0 aromatic heterocycles. The fourth-order valence-electron chi connectivity index (χ4n) is 10.5. The summed E-state index contributed by atoms with van der Waals surface area (Å²) in [5, 5.41) is 12.6. The lowest BCUT2D eigenvalue weighted by molar-refractivity contribution is -0.136. The first-order valence-electron chi connectivity index (χ1n) is 20.5. The Morgan fingerprint density at radius 2 is 1.47 bits per heavy atom. The second-order valence-electron chi connectivity index (χ2n) is 16.7. The van der Waals surface area contributed by atoms with Gasteiger partial charge in [-0.1, -0.05) is 12.1 Å². The minimum absolute atomic E-state index is 0.0186. The first kappa shape index (κ1) is 36.2. The number of phenols is 1. The maximum atomic E-state index is 16.3. The third kappa shape index (κ3) is 7.21. The van der Waals surface area contributed by atoms with Gasteiger partial charge in [-0.05, 0) is 127 Å². The molecule has 1 aliphatic carbocycles. The first-order chi connectivity index (χ1) is 26.8. The third-order valence-corrected chi connectivity index (χ3v) is 13.6. The van der Waals surface area contributed by atoms with Crippen LogP contribution in [0.15, 0.2) is 54.6 Å². The van der Waals surface area contributed by atoms with Crippen molar-refractivity contribution in [3.05, 3.63) is 88.2 Å². The second kappa shape index (κ2) is 15.2. The molecular formula is C44H52FN5O5. The van der Waals surface area contributed by atoms with Crippen LogP contribution in [0.3, 0.4) is 0 Å². The number of hydrogen-bond donors (Lipinski definition) is 2. The van der Waals surface area contributed by atoms with E-state index in [1.54, 1.807) is 17.0 Å². The average molecular weight is 750 g/mol. The second-order valence-corrected chi connectivity index (χ2v) is 16.7. The summed E-state index contributed by atoms with van der Waals surface area (Å²) in [5.74, 6) is 0.807. The molecule has 290 valence electrons. The maximum Gasteiger partial charge on any atom is 0.255 e. The van der Waals surface area contributed by atoms with Crippen LogP contribution in [0.2, 0.25) is 0 Å². The van der Waals surface area contributed by atoms with Gasteiger partial charge in [0.2, 0.25) is 11.8 Å². The molecule has 3 amide bonds. The molecule has 5 aliphatic heterocycles. The largest absolute Gasteiger partial charge is 0.508 e. The summed E-state index contributed by atoms with van der Waals surface area (Å²) in [6.45, 7) is 8.63. The summed E-state index contributed by atoms with van der Waals surface area (Å²) in [6, 6.07) is 17.0. The normalized spacial score (nSPS) is 25.6. The summed E-state index contributed by atoms with van der Waals surface area (Å²) >= 11 is 0. The van der Waals surface area contributed by atoms with Crippen LogP contribution in [-0.4, -0.2) is 97.7 Å². The molecule has 3 aromatic carbocycles. The van der Waals surface area contributed by atoms with Crippen molar-refractivity contribution in [2.45, 2.75) is 69.9 Å². The molecule has 0 radical (unpaired) electrons. The highest BCUT2D eigenvalue weighted by atomic mass is 19.1. The highest BCUT2D eigenvalue weighted by Crippen LogP contribution is 2.48. The molecule has 10 nitrogen and oxygen atoms in total. The first-order valence-corrected chi connectivity index (χ1v) is 20.5. The molecule has 0 bridgehead atoms. The molecule has 3 atom stereocenters. The van der Waals surface area contributed by atoms with Crippen molar-refractivity contribution in [1.82, 2.24) is 15.1 Å². The number of anilines is 2. The van der Waals surface area contributed by atoms with E-state index in [2.05, 4.69) is 32.1 Å². The number of fused-ring (bicyclic) bond motifs is 2. The number of piperazine rings is 1. The lowest BCUT2D eigenvalue weighted by atomic mass is 9.65. The Kier molecular flexibility index (Phi) is 10.0. The van der Waals surface area contributed by atoms with Crippen LogP contribution in [0.25, 0.3) is 0 Å². The Morgan fingerprint density at radius 1 is 0.745 bits per heavy atom. The van der Waals surface area contributed by atoms with E-state index >= 15 is 4.39 Å². The summed E-state index contributed by atoms with van der Waals surface area (Å²) in [5.41, 5.74) is 6.74. The van der Waals surface area contributed by atoms with E-state index in [0.29, 0.717) is 36.3 Å². The molecule has 4 fully saturated rings. The number of hydrogen-bond acceptors (Lipinski definition) is 8. The number of carbonyl (C=O) groups excluding carboxylic acids is 3. The number of piperidine rings is 2. The number of benzene rings is 3. The van der Waals surface area contributed by atoms with Crippen LogP contribution in [0.5, 0.6) is 5.75 Å². The van der Waals surface area contributed by atoms with Gasteiger partial charge in [-0.15, -0.1) is 0 Å². The van der Waals surface area contributed by atoms with E-state index < -0.39 is 6.04 Å². The number of amides is 3. The lowest BCUT2D eigenvalue weighted by Gasteiger charge is -2.41. The Labute approximate surface area is 322 Å². The van der Waals surface area contributed by atoms with Gasteiger partial charge in [-0.25, -0.2) is 4.39 Å². The van der Waals surface area contributed by atoms with Crippen LogP contribution >= 0.6 is 0 Å². The predicted octanol–water partition coefficient (Wildman–Crippen LogP) is 5.45. The maximum absolute atomic E-state index is 16.3. The number of nitrogens with zero attached hydrogens (tertiary/aromatic N) is 4. The van der Waals surface area contributed by atoms with Gasteiger partial charge in [-0.2, -0.15) is 0 Å². The number of aromatic hydroxyl groups is 1. The molecular weight excluding hydrogens is 698 g/mol. The molecule has 2 N–H and O–H groups in total. The predicted molar refractivity (Wildman–Crippen MR) is 208 cm³/mol. The van der Waals surface area contributed by atoms with Gasteiger partial charge in [0.1, 0.15) is 17.6 Å². The fourth-order valence-corrected chi connectivity index (χ4v) is 10.5. The minimum Gasteiger partial charge on any atom is -0.508 e. The quantitative estimate of drug-likeness (QED) is 0.308. The smallest absolute Gasteiger partial charge is 0.255 e. The summed E-state index contributed by atoms with van der Waals surface area (Å²) in [7, 11) is 0. The number of halogens is 1. The third-order valence-electron chi connectivity index (χ3n) is 13.6. The van der Waals surface area contributed by atoms with Gasteiger partial charge in [0, 0.05) is 94.8 Å². The van der Waals surface area contributed by atoms with E-state index in [9.17, 15) is 19.5 Å². The van der Waals surface area contributed by atoms with Gasteiger partial charge in [0.25, 0.3) is 5.91 Å². The summed E-state index contributed by atoms with van der Waals surface area (Å²) in [4.78, 5) is 46.2. The van der Waals surface area contributed by atoms with Crippen LogP contribution in [0.1, 0.15) is 83.5 Å². The number of carbonyl (C=O) groups is 3. The number of aryl methyl sites for hydroxylation is 1. The van der Waals surface area contributed by atoms with Crippen molar-refractivity contribution < 1.29 is 28.6 Å². The summed E-state index contributed by atoms with van der Waals surface area (Å²) < 4.78 is 22.0. The summed E-state index contributed by atoms with van der Waals surface area (Å²) in [6.07, 6.45) is 6.73. The van der Waals surface area contributed by atoms with Crippen LogP contribution < -0.4 is 15.1 Å². The van der Waals surface area contributed by atoms with E-state index in [0.717, 1.165) is 131 Å². The number of imide groups is 1. The van der Waals surface area contributed by atoms with Crippen molar-refractivity contribution in [1.29, 1.82) is 0 Å². The van der Waals surface area contributed by atoms with Gasteiger partial charge in [0.15, 0.2) is 0 Å². The van der Waals surface area contributed by atoms with Crippen molar-refractivity contribution >= 4 is 29.1 Å². The van der Waals surface area contributed by atoms with E-state index in [1.807, 2.05) is 30.3 Å². The van der Waals surface area contributed by atoms with Crippen LogP contribution in [-0.2, 0) is 27.3 Å². The van der Waals surface area contributed by atoms with E-state index in [4.69, 9.17) is 4.74 Å².